The number of ether oxygens (including phenoxy) is 1. The van der Waals surface area contributed by atoms with Gasteiger partial charge in [0.15, 0.2) is 0 Å². The van der Waals surface area contributed by atoms with Gasteiger partial charge >= 0.3 is 0 Å². The van der Waals surface area contributed by atoms with Gasteiger partial charge in [0.1, 0.15) is 0 Å². The fraction of sp³-hybridized carbons (Fsp3) is 0.429. The minimum absolute atomic E-state index is 0.113. The molecule has 0 saturated carbocycles. The maximum Gasteiger partial charge on any atom is 0.254 e. The first-order chi connectivity index (χ1) is 10.1. The topological polar surface area (TPSA) is 53.9 Å². The monoisotopic (exact) mass is 417 g/mol. The van der Waals surface area contributed by atoms with Crippen molar-refractivity contribution in [2.24, 2.45) is 5.10 Å². The van der Waals surface area contributed by atoms with Crippen molar-refractivity contribution in [1.82, 2.24) is 10.3 Å². The van der Waals surface area contributed by atoms with Gasteiger partial charge in [-0.3, -0.25) is 9.69 Å². The highest BCUT2D eigenvalue weighted by Gasteiger charge is 2.13. The first kappa shape index (κ1) is 16.6. The first-order valence-electron chi connectivity index (χ1n) is 6.64. The standard InChI is InChI=1S/C14H17Br2N3O2/c1-10-12(15)6-11(7-13(10)16)8-17-18-14(20)9-19-2-4-21-5-3-19/h6-8H,2-5,9H2,1H3,(H,18,20)/b17-8-. The van der Waals surface area contributed by atoms with Gasteiger partial charge in [0.05, 0.1) is 26.0 Å². The number of carbonyl (C=O) groups is 1. The van der Waals surface area contributed by atoms with Crippen LogP contribution in [0.25, 0.3) is 0 Å². The molecule has 2 rings (SSSR count). The van der Waals surface area contributed by atoms with Crippen LogP contribution in [0.4, 0.5) is 0 Å². The molecular weight excluding hydrogens is 402 g/mol. The van der Waals surface area contributed by atoms with Crippen molar-refractivity contribution >= 4 is 44.0 Å². The van der Waals surface area contributed by atoms with Crippen LogP contribution in [0, 0.1) is 6.92 Å². The second-order valence-corrected chi connectivity index (χ2v) is 6.50. The number of morpholine rings is 1. The van der Waals surface area contributed by atoms with E-state index in [-0.39, 0.29) is 5.91 Å². The highest BCUT2D eigenvalue weighted by atomic mass is 79.9. The second kappa shape index (κ2) is 8.03. The summed E-state index contributed by atoms with van der Waals surface area (Å²) >= 11 is 6.97. The zero-order chi connectivity index (χ0) is 15.2. The smallest absolute Gasteiger partial charge is 0.254 e. The third-order valence-corrected chi connectivity index (χ3v) is 4.82. The molecule has 114 valence electrons. The molecule has 1 aliphatic rings. The van der Waals surface area contributed by atoms with Crippen LogP contribution in [0.1, 0.15) is 11.1 Å². The summed E-state index contributed by atoms with van der Waals surface area (Å²) in [5.41, 5.74) is 4.59. The van der Waals surface area contributed by atoms with Crippen molar-refractivity contribution in [2.75, 3.05) is 32.8 Å². The number of rotatable bonds is 4. The molecule has 1 N–H and O–H groups in total. The Morgan fingerprint density at radius 2 is 2.00 bits per heavy atom. The molecule has 1 amide bonds. The van der Waals surface area contributed by atoms with Crippen LogP contribution < -0.4 is 5.43 Å². The van der Waals surface area contributed by atoms with E-state index < -0.39 is 0 Å². The van der Waals surface area contributed by atoms with Gasteiger partial charge in [0.25, 0.3) is 5.91 Å². The molecule has 0 bridgehead atoms. The molecule has 0 unspecified atom stereocenters. The van der Waals surface area contributed by atoms with Gasteiger partial charge in [-0.15, -0.1) is 0 Å². The summed E-state index contributed by atoms with van der Waals surface area (Å²) in [7, 11) is 0. The third-order valence-electron chi connectivity index (χ3n) is 3.18. The number of hydrogen-bond donors (Lipinski definition) is 1. The van der Waals surface area contributed by atoms with Crippen LogP contribution in [0.2, 0.25) is 0 Å². The van der Waals surface area contributed by atoms with E-state index in [0.717, 1.165) is 33.2 Å². The van der Waals surface area contributed by atoms with E-state index in [1.807, 2.05) is 24.0 Å². The van der Waals surface area contributed by atoms with E-state index in [0.29, 0.717) is 19.8 Å². The van der Waals surface area contributed by atoms with Gasteiger partial charge in [-0.25, -0.2) is 5.43 Å². The molecule has 1 saturated heterocycles. The summed E-state index contributed by atoms with van der Waals surface area (Å²) < 4.78 is 7.24. The average molecular weight is 419 g/mol. The molecule has 1 aliphatic heterocycles. The number of benzene rings is 1. The molecule has 1 heterocycles. The van der Waals surface area contributed by atoms with Crippen LogP contribution in [0.15, 0.2) is 26.2 Å². The largest absolute Gasteiger partial charge is 0.379 e. The van der Waals surface area contributed by atoms with Crippen LogP contribution >= 0.6 is 31.9 Å². The minimum atomic E-state index is -0.113. The molecule has 5 nitrogen and oxygen atoms in total. The summed E-state index contributed by atoms with van der Waals surface area (Å²) in [6, 6.07) is 3.91. The molecule has 0 spiro atoms. The lowest BCUT2D eigenvalue weighted by Gasteiger charge is -2.25. The first-order valence-corrected chi connectivity index (χ1v) is 8.22. The van der Waals surface area contributed by atoms with E-state index in [1.54, 1.807) is 6.21 Å². The molecule has 1 aromatic rings. The highest BCUT2D eigenvalue weighted by Crippen LogP contribution is 2.25. The molecule has 1 aromatic carbocycles. The zero-order valence-electron chi connectivity index (χ0n) is 11.7. The second-order valence-electron chi connectivity index (χ2n) is 4.79. The Labute approximate surface area is 141 Å². The van der Waals surface area contributed by atoms with Crippen molar-refractivity contribution in [3.05, 3.63) is 32.2 Å². The Bertz CT molecular complexity index is 520. The number of nitrogens with zero attached hydrogens (tertiary/aromatic N) is 2. The molecule has 0 aromatic heterocycles. The van der Waals surface area contributed by atoms with Crippen LogP contribution in [0.3, 0.4) is 0 Å². The van der Waals surface area contributed by atoms with Crippen LogP contribution in [-0.2, 0) is 9.53 Å². The van der Waals surface area contributed by atoms with Crippen LogP contribution in [0.5, 0.6) is 0 Å². The fourth-order valence-corrected chi connectivity index (χ4v) is 3.14. The highest BCUT2D eigenvalue weighted by molar-refractivity contribution is 9.11. The lowest BCUT2D eigenvalue weighted by molar-refractivity contribution is -0.123. The molecule has 7 heteroatoms. The Balaban J connectivity index is 1.85. The number of carbonyl (C=O) groups excluding carboxylic acids is 1. The third kappa shape index (κ3) is 5.18. The molecule has 0 atom stereocenters. The molecule has 0 radical (unpaired) electrons. The van der Waals surface area contributed by atoms with E-state index in [1.165, 1.54) is 0 Å². The average Bonchev–Trinajstić information content (AvgIpc) is 2.45. The molecule has 21 heavy (non-hydrogen) atoms. The summed E-state index contributed by atoms with van der Waals surface area (Å²) in [4.78, 5) is 13.8. The normalized spacial score (nSPS) is 16.3. The Hall–Kier alpha value is -0.760. The van der Waals surface area contributed by atoms with E-state index in [9.17, 15) is 4.79 Å². The van der Waals surface area contributed by atoms with Gasteiger partial charge in [-0.05, 0) is 30.2 Å². The maximum atomic E-state index is 11.8. The Morgan fingerprint density at radius 1 is 1.38 bits per heavy atom. The predicted molar refractivity (Wildman–Crippen MR) is 89.6 cm³/mol. The number of hydrazone groups is 1. The van der Waals surface area contributed by atoms with E-state index in [4.69, 9.17) is 4.74 Å². The van der Waals surface area contributed by atoms with Crippen molar-refractivity contribution in [3.8, 4) is 0 Å². The number of halogens is 2. The van der Waals surface area contributed by atoms with Gasteiger partial charge in [-0.1, -0.05) is 31.9 Å². The van der Waals surface area contributed by atoms with Crippen molar-refractivity contribution in [3.63, 3.8) is 0 Å². The summed E-state index contributed by atoms with van der Waals surface area (Å²) in [5, 5.41) is 3.99. The Morgan fingerprint density at radius 3 is 2.62 bits per heavy atom. The van der Waals surface area contributed by atoms with E-state index >= 15 is 0 Å². The van der Waals surface area contributed by atoms with E-state index in [2.05, 4.69) is 42.4 Å². The number of hydrogen-bond acceptors (Lipinski definition) is 4. The maximum absolute atomic E-state index is 11.8. The number of nitrogens with one attached hydrogen (secondary N) is 1. The van der Waals surface area contributed by atoms with Gasteiger partial charge in [0, 0.05) is 22.0 Å². The van der Waals surface area contributed by atoms with Crippen molar-refractivity contribution in [2.45, 2.75) is 6.92 Å². The molecule has 0 aliphatic carbocycles. The van der Waals surface area contributed by atoms with Gasteiger partial charge in [-0.2, -0.15) is 5.10 Å². The van der Waals surface area contributed by atoms with Crippen molar-refractivity contribution < 1.29 is 9.53 Å². The molecular formula is C14H17Br2N3O2. The zero-order valence-corrected chi connectivity index (χ0v) is 14.9. The number of amides is 1. The van der Waals surface area contributed by atoms with Crippen LogP contribution in [-0.4, -0.2) is 49.9 Å². The summed E-state index contributed by atoms with van der Waals surface area (Å²) in [6.45, 7) is 5.30. The summed E-state index contributed by atoms with van der Waals surface area (Å²) in [6.07, 6.45) is 1.63. The lowest BCUT2D eigenvalue weighted by Crippen LogP contribution is -2.42. The lowest BCUT2D eigenvalue weighted by atomic mass is 10.2. The molecule has 1 fully saturated rings. The fourth-order valence-electron chi connectivity index (χ4n) is 1.92. The van der Waals surface area contributed by atoms with Crippen molar-refractivity contribution in [1.29, 1.82) is 0 Å². The van der Waals surface area contributed by atoms with Gasteiger partial charge < -0.3 is 4.74 Å². The quantitative estimate of drug-likeness (QED) is 0.602. The SMILES string of the molecule is Cc1c(Br)cc(/C=N\NC(=O)CN2CCOCC2)cc1Br. The Kier molecular flexibility index (Phi) is 6.35. The minimum Gasteiger partial charge on any atom is -0.379 e. The van der Waals surface area contributed by atoms with Gasteiger partial charge in [0.2, 0.25) is 0 Å². The predicted octanol–water partition coefficient (Wildman–Crippen LogP) is 2.30. The summed E-state index contributed by atoms with van der Waals surface area (Å²) in [5.74, 6) is -0.113.